The van der Waals surface area contributed by atoms with Crippen LogP contribution in [-0.2, 0) is 4.74 Å². The number of methoxy groups -OCH3 is 1. The van der Waals surface area contributed by atoms with Crippen molar-refractivity contribution in [3.63, 3.8) is 0 Å². The van der Waals surface area contributed by atoms with Gasteiger partial charge in [0.05, 0.1) is 12.8 Å². The van der Waals surface area contributed by atoms with E-state index in [2.05, 4.69) is 16.0 Å². The fraction of sp³-hybridized carbons (Fsp3) is 0.333. The molecule has 0 spiro atoms. The Morgan fingerprint density at radius 3 is 3.06 bits per heavy atom. The Hall–Kier alpha value is -2.06. The molecule has 0 fully saturated rings. The first-order valence-corrected chi connectivity index (χ1v) is 5.27. The van der Waals surface area contributed by atoms with Crippen LogP contribution in [0.3, 0.4) is 0 Å². The monoisotopic (exact) mass is 230 g/mol. The minimum absolute atomic E-state index is 0.655. The summed E-state index contributed by atoms with van der Waals surface area (Å²) in [5.74, 6) is 3.39. The highest BCUT2D eigenvalue weighted by atomic mass is 16.5. The van der Waals surface area contributed by atoms with E-state index in [1.54, 1.807) is 17.8 Å². The van der Waals surface area contributed by atoms with Crippen molar-refractivity contribution in [2.45, 2.75) is 0 Å². The van der Waals surface area contributed by atoms with Gasteiger partial charge >= 0.3 is 0 Å². The van der Waals surface area contributed by atoms with Gasteiger partial charge in [-0.1, -0.05) is 0 Å². The Balaban J connectivity index is 2.33. The van der Waals surface area contributed by atoms with Crippen LogP contribution in [0.15, 0.2) is 18.3 Å². The molecule has 17 heavy (non-hydrogen) atoms. The van der Waals surface area contributed by atoms with Crippen LogP contribution in [0.2, 0.25) is 0 Å². The molecule has 0 radical (unpaired) electrons. The summed E-state index contributed by atoms with van der Waals surface area (Å²) in [4.78, 5) is 6.17. The van der Waals surface area contributed by atoms with Crippen molar-refractivity contribution >= 4 is 11.5 Å². The SMILES string of the molecule is C#Cc1cnc2ccc(N(C)CCOC)nn12. The van der Waals surface area contributed by atoms with E-state index in [1.165, 1.54) is 0 Å². The van der Waals surface area contributed by atoms with Crippen LogP contribution >= 0.6 is 0 Å². The molecule has 0 saturated heterocycles. The molecule has 2 heterocycles. The van der Waals surface area contributed by atoms with E-state index in [0.717, 1.165) is 18.0 Å². The first kappa shape index (κ1) is 11.4. The molecular formula is C12H14N4O. The van der Waals surface area contributed by atoms with E-state index in [-0.39, 0.29) is 0 Å². The summed E-state index contributed by atoms with van der Waals surface area (Å²) in [5, 5.41) is 4.44. The summed E-state index contributed by atoms with van der Waals surface area (Å²) in [6.45, 7) is 1.43. The zero-order valence-corrected chi connectivity index (χ0v) is 9.92. The summed E-state index contributed by atoms with van der Waals surface area (Å²) in [6.07, 6.45) is 7.02. The summed E-state index contributed by atoms with van der Waals surface area (Å²) >= 11 is 0. The first-order chi connectivity index (χ1) is 8.26. The van der Waals surface area contributed by atoms with Crippen molar-refractivity contribution < 1.29 is 4.74 Å². The Kier molecular flexibility index (Phi) is 3.26. The second-order valence-electron chi connectivity index (χ2n) is 3.66. The smallest absolute Gasteiger partial charge is 0.155 e. The van der Waals surface area contributed by atoms with Crippen LogP contribution < -0.4 is 4.90 Å². The number of hydrogen-bond donors (Lipinski definition) is 0. The average Bonchev–Trinajstić information content (AvgIpc) is 2.77. The van der Waals surface area contributed by atoms with E-state index in [1.807, 2.05) is 24.1 Å². The van der Waals surface area contributed by atoms with Gasteiger partial charge in [0.1, 0.15) is 11.5 Å². The van der Waals surface area contributed by atoms with E-state index >= 15 is 0 Å². The third kappa shape index (κ3) is 2.22. The lowest BCUT2D eigenvalue weighted by Gasteiger charge is -2.17. The van der Waals surface area contributed by atoms with E-state index < -0.39 is 0 Å². The lowest BCUT2D eigenvalue weighted by Crippen LogP contribution is -2.23. The van der Waals surface area contributed by atoms with Crippen molar-refractivity contribution in [3.8, 4) is 12.3 Å². The lowest BCUT2D eigenvalue weighted by atomic mass is 10.4. The molecule has 0 N–H and O–H groups in total. The van der Waals surface area contributed by atoms with E-state index in [4.69, 9.17) is 11.2 Å². The van der Waals surface area contributed by atoms with Crippen LogP contribution in [-0.4, -0.2) is 41.9 Å². The number of imidazole rings is 1. The first-order valence-electron chi connectivity index (χ1n) is 5.27. The summed E-state index contributed by atoms with van der Waals surface area (Å²) in [5.41, 5.74) is 1.41. The second-order valence-corrected chi connectivity index (χ2v) is 3.66. The van der Waals surface area contributed by atoms with Gasteiger partial charge in [-0.05, 0) is 18.1 Å². The van der Waals surface area contributed by atoms with Crippen LogP contribution in [0.1, 0.15) is 5.69 Å². The molecule has 0 unspecified atom stereocenters. The molecule has 0 amide bonds. The molecule has 88 valence electrons. The largest absolute Gasteiger partial charge is 0.383 e. The number of fused-ring (bicyclic) bond motifs is 1. The third-order valence-electron chi connectivity index (χ3n) is 2.52. The molecular weight excluding hydrogens is 216 g/mol. The maximum atomic E-state index is 5.38. The van der Waals surface area contributed by atoms with Gasteiger partial charge in [-0.2, -0.15) is 0 Å². The van der Waals surface area contributed by atoms with E-state index in [0.29, 0.717) is 12.3 Å². The van der Waals surface area contributed by atoms with Crippen molar-refractivity contribution in [2.75, 3.05) is 32.2 Å². The summed E-state index contributed by atoms with van der Waals surface area (Å²) in [7, 11) is 3.64. The van der Waals surface area contributed by atoms with E-state index in [9.17, 15) is 0 Å². The zero-order valence-electron chi connectivity index (χ0n) is 9.92. The Labute approximate surface area is 100 Å². The number of rotatable bonds is 4. The van der Waals surface area contributed by atoms with Gasteiger partial charge in [0.2, 0.25) is 0 Å². The van der Waals surface area contributed by atoms with Gasteiger partial charge in [-0.15, -0.1) is 11.5 Å². The average molecular weight is 230 g/mol. The highest BCUT2D eigenvalue weighted by molar-refractivity contribution is 5.48. The van der Waals surface area contributed by atoms with Crippen molar-refractivity contribution in [1.29, 1.82) is 0 Å². The maximum absolute atomic E-state index is 5.38. The molecule has 0 atom stereocenters. The highest BCUT2D eigenvalue weighted by Crippen LogP contribution is 2.11. The predicted molar refractivity (Wildman–Crippen MR) is 66.1 cm³/mol. The number of hydrogen-bond acceptors (Lipinski definition) is 4. The zero-order chi connectivity index (χ0) is 12.3. The molecule has 0 aromatic carbocycles. The summed E-state index contributed by atoms with van der Waals surface area (Å²) < 4.78 is 6.70. The third-order valence-corrected chi connectivity index (χ3v) is 2.52. The molecule has 0 aliphatic carbocycles. The standard InChI is InChI=1S/C12H14N4O/c1-4-10-9-13-11-5-6-12(14-16(10)11)15(2)7-8-17-3/h1,5-6,9H,7-8H2,2-3H3. The number of aromatic nitrogens is 3. The number of likely N-dealkylation sites (N-methyl/N-ethyl adjacent to an activating group) is 1. The minimum Gasteiger partial charge on any atom is -0.383 e. The van der Waals surface area contributed by atoms with Crippen molar-refractivity contribution in [2.24, 2.45) is 0 Å². The molecule has 0 aliphatic rings. The van der Waals surface area contributed by atoms with Crippen molar-refractivity contribution in [3.05, 3.63) is 24.0 Å². The van der Waals surface area contributed by atoms with Crippen LogP contribution in [0.5, 0.6) is 0 Å². The molecule has 0 saturated carbocycles. The number of ether oxygens (including phenoxy) is 1. The molecule has 2 aromatic rings. The van der Waals surface area contributed by atoms with Crippen LogP contribution in [0, 0.1) is 12.3 Å². The quantitative estimate of drug-likeness (QED) is 0.728. The summed E-state index contributed by atoms with van der Waals surface area (Å²) in [6, 6.07) is 3.81. The van der Waals surface area contributed by atoms with Gasteiger partial charge in [0.25, 0.3) is 0 Å². The normalized spacial score (nSPS) is 10.4. The minimum atomic E-state index is 0.655. The fourth-order valence-corrected chi connectivity index (χ4v) is 1.51. The fourth-order valence-electron chi connectivity index (χ4n) is 1.51. The molecule has 0 aliphatic heterocycles. The van der Waals surface area contributed by atoms with Crippen LogP contribution in [0.4, 0.5) is 5.82 Å². The molecule has 2 aromatic heterocycles. The second kappa shape index (κ2) is 4.85. The Morgan fingerprint density at radius 1 is 1.53 bits per heavy atom. The Bertz CT molecular complexity index is 555. The van der Waals surface area contributed by atoms with Gasteiger partial charge < -0.3 is 9.64 Å². The number of terminal acetylenes is 1. The predicted octanol–water partition coefficient (Wildman–Crippen LogP) is 0.793. The lowest BCUT2D eigenvalue weighted by molar-refractivity contribution is 0.206. The number of anilines is 1. The highest BCUT2D eigenvalue weighted by Gasteiger charge is 2.06. The van der Waals surface area contributed by atoms with Crippen molar-refractivity contribution in [1.82, 2.24) is 14.6 Å². The topological polar surface area (TPSA) is 42.7 Å². The molecule has 2 rings (SSSR count). The van der Waals surface area contributed by atoms with Crippen LogP contribution in [0.25, 0.3) is 5.65 Å². The molecule has 0 bridgehead atoms. The van der Waals surface area contributed by atoms with Gasteiger partial charge in [0, 0.05) is 20.7 Å². The van der Waals surface area contributed by atoms with Gasteiger partial charge in [-0.25, -0.2) is 9.50 Å². The maximum Gasteiger partial charge on any atom is 0.155 e. The number of nitrogens with zero attached hydrogens (tertiary/aromatic N) is 4. The van der Waals surface area contributed by atoms with Gasteiger partial charge in [0.15, 0.2) is 5.65 Å². The molecule has 5 nitrogen and oxygen atoms in total. The van der Waals surface area contributed by atoms with Gasteiger partial charge in [-0.3, -0.25) is 0 Å². The Morgan fingerprint density at radius 2 is 2.35 bits per heavy atom. The molecule has 5 heteroatoms.